The second-order valence-corrected chi connectivity index (χ2v) is 7.54. The molecule has 2 heterocycles. The molecule has 3 amide bonds. The van der Waals surface area contributed by atoms with E-state index in [1.807, 2.05) is 17.0 Å². The Bertz CT molecular complexity index is 747. The molecule has 2 aliphatic rings. The number of para-hydroxylation sites is 1. The molecule has 0 saturated carbocycles. The first-order chi connectivity index (χ1) is 12.9. The van der Waals surface area contributed by atoms with Crippen LogP contribution < -0.4 is 4.74 Å². The number of piperidine rings is 1. The normalized spacial score (nSPS) is 25.8. The van der Waals surface area contributed by atoms with E-state index in [2.05, 4.69) is 6.92 Å². The van der Waals surface area contributed by atoms with Crippen molar-refractivity contribution in [2.24, 2.45) is 0 Å². The maximum atomic E-state index is 13.3. The molecule has 1 aromatic rings. The first-order valence-electron chi connectivity index (χ1n) is 9.68. The van der Waals surface area contributed by atoms with Gasteiger partial charge in [0.25, 0.3) is 0 Å². The molecule has 6 nitrogen and oxygen atoms in total. The van der Waals surface area contributed by atoms with Crippen LogP contribution in [0.5, 0.6) is 5.75 Å². The fourth-order valence-electron chi connectivity index (χ4n) is 4.48. The summed E-state index contributed by atoms with van der Waals surface area (Å²) in [6, 6.07) is 7.42. The van der Waals surface area contributed by atoms with Gasteiger partial charge in [0.05, 0.1) is 12.5 Å². The quantitative estimate of drug-likeness (QED) is 0.745. The molecule has 2 fully saturated rings. The Kier molecular flexibility index (Phi) is 5.53. The van der Waals surface area contributed by atoms with Gasteiger partial charge in [0.1, 0.15) is 5.75 Å². The molecule has 27 heavy (non-hydrogen) atoms. The van der Waals surface area contributed by atoms with Crippen LogP contribution in [0.1, 0.15) is 51.0 Å². The molecule has 0 aliphatic carbocycles. The number of amides is 3. The van der Waals surface area contributed by atoms with E-state index >= 15 is 0 Å². The van der Waals surface area contributed by atoms with Gasteiger partial charge in [-0.05, 0) is 31.7 Å². The number of rotatable bonds is 5. The highest BCUT2D eigenvalue weighted by Crippen LogP contribution is 2.44. The van der Waals surface area contributed by atoms with Gasteiger partial charge in [0.2, 0.25) is 17.7 Å². The number of benzene rings is 1. The van der Waals surface area contributed by atoms with Crippen molar-refractivity contribution in [1.82, 2.24) is 9.80 Å². The highest BCUT2D eigenvalue weighted by atomic mass is 16.5. The van der Waals surface area contributed by atoms with Gasteiger partial charge in [-0.3, -0.25) is 19.3 Å². The summed E-state index contributed by atoms with van der Waals surface area (Å²) in [6.45, 7) is 2.81. The lowest BCUT2D eigenvalue weighted by Crippen LogP contribution is -2.48. The van der Waals surface area contributed by atoms with Gasteiger partial charge in [-0.15, -0.1) is 0 Å². The monoisotopic (exact) mass is 372 g/mol. The van der Waals surface area contributed by atoms with Gasteiger partial charge in [-0.1, -0.05) is 25.1 Å². The molecule has 0 radical (unpaired) electrons. The SMILES string of the molecule is CC[C@@H]1CCCCN1C(=O)C[C@@]1(c2ccccc2OC)CC(=O)N(C)C1=O. The summed E-state index contributed by atoms with van der Waals surface area (Å²) in [6.07, 6.45) is 4.01. The molecule has 2 aliphatic heterocycles. The van der Waals surface area contributed by atoms with Crippen LogP contribution in [-0.2, 0) is 19.8 Å². The van der Waals surface area contributed by atoms with Gasteiger partial charge in [0.15, 0.2) is 0 Å². The molecule has 2 atom stereocenters. The number of hydrogen-bond donors (Lipinski definition) is 0. The van der Waals surface area contributed by atoms with E-state index in [1.54, 1.807) is 12.1 Å². The second kappa shape index (κ2) is 7.71. The Morgan fingerprint density at radius 3 is 2.63 bits per heavy atom. The van der Waals surface area contributed by atoms with Crippen LogP contribution in [0.3, 0.4) is 0 Å². The fraction of sp³-hybridized carbons (Fsp3) is 0.571. The molecule has 0 N–H and O–H groups in total. The molecule has 0 unspecified atom stereocenters. The summed E-state index contributed by atoms with van der Waals surface area (Å²) in [5.41, 5.74) is -0.570. The number of imide groups is 1. The Morgan fingerprint density at radius 2 is 2.00 bits per heavy atom. The number of hydrogen-bond acceptors (Lipinski definition) is 4. The Hall–Kier alpha value is -2.37. The molecule has 0 aromatic heterocycles. The zero-order valence-corrected chi connectivity index (χ0v) is 16.4. The predicted molar refractivity (Wildman–Crippen MR) is 101 cm³/mol. The van der Waals surface area contributed by atoms with Gasteiger partial charge < -0.3 is 9.64 Å². The number of carbonyl (C=O) groups excluding carboxylic acids is 3. The van der Waals surface area contributed by atoms with E-state index in [-0.39, 0.29) is 36.6 Å². The molecular formula is C21H28N2O4. The Morgan fingerprint density at radius 1 is 1.26 bits per heavy atom. The Labute approximate surface area is 160 Å². The van der Waals surface area contributed by atoms with Gasteiger partial charge >= 0.3 is 0 Å². The standard InChI is InChI=1S/C21H28N2O4/c1-4-15-9-7-8-12-23(15)19(25)14-21(13-18(24)22(2)20(21)26)16-10-5-6-11-17(16)27-3/h5-6,10-11,15H,4,7-9,12-14H2,1-3H3/t15-,21-/m1/s1. The van der Waals surface area contributed by atoms with E-state index < -0.39 is 5.41 Å². The predicted octanol–water partition coefficient (Wildman–Crippen LogP) is 2.50. The summed E-state index contributed by atoms with van der Waals surface area (Å²) in [5.74, 6) is -0.101. The van der Waals surface area contributed by atoms with Crippen LogP contribution in [0.25, 0.3) is 0 Å². The number of methoxy groups -OCH3 is 1. The van der Waals surface area contributed by atoms with Crippen LogP contribution in [-0.4, -0.2) is 54.3 Å². The summed E-state index contributed by atoms with van der Waals surface area (Å²) >= 11 is 0. The van der Waals surface area contributed by atoms with Crippen molar-refractivity contribution < 1.29 is 19.1 Å². The first-order valence-corrected chi connectivity index (χ1v) is 9.68. The number of nitrogens with zero attached hydrogens (tertiary/aromatic N) is 2. The van der Waals surface area contributed by atoms with Crippen molar-refractivity contribution in [3.8, 4) is 5.75 Å². The fourth-order valence-corrected chi connectivity index (χ4v) is 4.48. The first kappa shape index (κ1) is 19.4. The van der Waals surface area contributed by atoms with Crippen LogP contribution >= 0.6 is 0 Å². The zero-order valence-electron chi connectivity index (χ0n) is 16.4. The molecule has 0 bridgehead atoms. The lowest BCUT2D eigenvalue weighted by atomic mass is 9.75. The van der Waals surface area contributed by atoms with E-state index in [4.69, 9.17) is 4.74 Å². The minimum atomic E-state index is -1.19. The minimum absolute atomic E-state index is 0.000914. The second-order valence-electron chi connectivity index (χ2n) is 7.54. The molecule has 2 saturated heterocycles. The van der Waals surface area contributed by atoms with Crippen molar-refractivity contribution in [3.63, 3.8) is 0 Å². The smallest absolute Gasteiger partial charge is 0.240 e. The minimum Gasteiger partial charge on any atom is -0.496 e. The zero-order chi connectivity index (χ0) is 19.6. The Balaban J connectivity index is 2.00. The molecule has 3 rings (SSSR count). The number of ether oxygens (including phenoxy) is 1. The largest absolute Gasteiger partial charge is 0.496 e. The van der Waals surface area contributed by atoms with E-state index in [0.717, 1.165) is 37.1 Å². The van der Waals surface area contributed by atoms with Gasteiger partial charge in [0, 0.05) is 38.0 Å². The van der Waals surface area contributed by atoms with Crippen molar-refractivity contribution in [2.45, 2.75) is 56.9 Å². The van der Waals surface area contributed by atoms with Gasteiger partial charge in [-0.2, -0.15) is 0 Å². The number of likely N-dealkylation sites (N-methyl/N-ethyl adjacent to an activating group) is 1. The van der Waals surface area contributed by atoms with Crippen molar-refractivity contribution in [3.05, 3.63) is 29.8 Å². The van der Waals surface area contributed by atoms with Crippen LogP contribution in [0.4, 0.5) is 0 Å². The van der Waals surface area contributed by atoms with Crippen molar-refractivity contribution in [2.75, 3.05) is 20.7 Å². The lowest BCUT2D eigenvalue weighted by Gasteiger charge is -2.38. The average Bonchev–Trinajstić information content (AvgIpc) is 2.92. The maximum Gasteiger partial charge on any atom is 0.240 e. The maximum absolute atomic E-state index is 13.3. The highest BCUT2D eigenvalue weighted by molar-refractivity contribution is 6.10. The summed E-state index contributed by atoms with van der Waals surface area (Å²) in [7, 11) is 3.03. The topological polar surface area (TPSA) is 66.9 Å². The number of likely N-dealkylation sites (tertiary alicyclic amines) is 2. The van der Waals surface area contributed by atoms with Crippen LogP contribution in [0.2, 0.25) is 0 Å². The molecular weight excluding hydrogens is 344 g/mol. The summed E-state index contributed by atoms with van der Waals surface area (Å²) in [5, 5.41) is 0. The molecule has 6 heteroatoms. The van der Waals surface area contributed by atoms with Crippen LogP contribution in [0, 0.1) is 0 Å². The lowest BCUT2D eigenvalue weighted by molar-refractivity contribution is -0.143. The molecule has 146 valence electrons. The summed E-state index contributed by atoms with van der Waals surface area (Å²) < 4.78 is 5.46. The van der Waals surface area contributed by atoms with Gasteiger partial charge in [-0.25, -0.2) is 0 Å². The van der Waals surface area contributed by atoms with Crippen molar-refractivity contribution in [1.29, 1.82) is 0 Å². The average molecular weight is 372 g/mol. The summed E-state index contributed by atoms with van der Waals surface area (Å²) in [4.78, 5) is 41.9. The van der Waals surface area contributed by atoms with E-state index in [9.17, 15) is 14.4 Å². The molecule has 0 spiro atoms. The van der Waals surface area contributed by atoms with E-state index in [0.29, 0.717) is 11.3 Å². The highest BCUT2D eigenvalue weighted by Gasteiger charge is 2.54. The number of carbonyl (C=O) groups is 3. The third-order valence-electron chi connectivity index (χ3n) is 6.04. The third kappa shape index (κ3) is 3.33. The van der Waals surface area contributed by atoms with E-state index in [1.165, 1.54) is 14.2 Å². The third-order valence-corrected chi connectivity index (χ3v) is 6.04. The van der Waals surface area contributed by atoms with Crippen molar-refractivity contribution >= 4 is 17.7 Å². The molecule has 1 aromatic carbocycles. The van der Waals surface area contributed by atoms with Crippen LogP contribution in [0.15, 0.2) is 24.3 Å².